The first-order chi connectivity index (χ1) is 11.2. The molecule has 2 fully saturated rings. The molecule has 0 spiro atoms. The summed E-state index contributed by atoms with van der Waals surface area (Å²) in [6.07, 6.45) is 6.39. The Labute approximate surface area is 139 Å². The highest BCUT2D eigenvalue weighted by Gasteiger charge is 2.25. The Morgan fingerprint density at radius 2 is 2.00 bits per heavy atom. The summed E-state index contributed by atoms with van der Waals surface area (Å²) >= 11 is 0. The Morgan fingerprint density at radius 1 is 1.26 bits per heavy atom. The molecule has 0 radical (unpaired) electrons. The van der Waals surface area contributed by atoms with E-state index in [0.29, 0.717) is 25.7 Å². The van der Waals surface area contributed by atoms with Crippen LogP contribution in [-0.2, 0) is 4.79 Å². The van der Waals surface area contributed by atoms with Crippen LogP contribution in [0.5, 0.6) is 0 Å². The number of hydrogen-bond acceptors (Lipinski definition) is 5. The summed E-state index contributed by atoms with van der Waals surface area (Å²) < 4.78 is 0. The summed E-state index contributed by atoms with van der Waals surface area (Å²) in [5.74, 6) is -0.125. The molecule has 2 aliphatic rings. The fourth-order valence-corrected chi connectivity index (χ4v) is 3.46. The third-order valence-corrected chi connectivity index (χ3v) is 4.89. The Balaban J connectivity index is 1.98. The van der Waals surface area contributed by atoms with Gasteiger partial charge in [-0.1, -0.05) is 6.92 Å². The zero-order chi connectivity index (χ0) is 16.7. The first kappa shape index (κ1) is 17.8. The number of nitrogens with two attached hydrogens (primary N) is 1. The summed E-state index contributed by atoms with van der Waals surface area (Å²) in [5, 5.41) is 9.43. The van der Waals surface area contributed by atoms with Gasteiger partial charge in [-0.2, -0.15) is 5.26 Å². The lowest BCUT2D eigenvalue weighted by Crippen LogP contribution is -2.50. The van der Waals surface area contributed by atoms with E-state index in [2.05, 4.69) is 22.8 Å². The van der Waals surface area contributed by atoms with Crippen molar-refractivity contribution in [2.45, 2.75) is 38.6 Å². The molecule has 2 heterocycles. The van der Waals surface area contributed by atoms with Crippen LogP contribution in [0.1, 0.15) is 32.6 Å². The number of carbonyl (C=O) groups is 1. The van der Waals surface area contributed by atoms with Gasteiger partial charge in [-0.15, -0.1) is 0 Å². The molecule has 0 aromatic carbocycles. The Morgan fingerprint density at radius 3 is 2.61 bits per heavy atom. The van der Waals surface area contributed by atoms with Crippen molar-refractivity contribution in [3.05, 3.63) is 11.8 Å². The molecule has 1 amide bonds. The smallest absolute Gasteiger partial charge is 0.266 e. The molecule has 1 unspecified atom stereocenters. The topological polar surface area (TPSA) is 76.6 Å². The number of rotatable bonds is 5. The molecule has 0 aromatic rings. The van der Waals surface area contributed by atoms with E-state index >= 15 is 0 Å². The molecule has 0 aromatic heterocycles. The third-order valence-electron chi connectivity index (χ3n) is 4.89. The van der Waals surface area contributed by atoms with Crippen molar-refractivity contribution in [3.63, 3.8) is 0 Å². The number of likely N-dealkylation sites (tertiary alicyclic amines) is 1. The molecule has 0 saturated carbocycles. The number of piperazine rings is 1. The molecule has 6 heteroatoms. The molecule has 2 N–H and O–H groups in total. The average molecular weight is 319 g/mol. The third kappa shape index (κ3) is 4.69. The van der Waals surface area contributed by atoms with Gasteiger partial charge in [-0.05, 0) is 25.7 Å². The Kier molecular flexibility index (Phi) is 6.87. The summed E-state index contributed by atoms with van der Waals surface area (Å²) in [6, 6.07) is 2.58. The zero-order valence-electron chi connectivity index (χ0n) is 14.2. The first-order valence-corrected chi connectivity index (χ1v) is 8.79. The fourth-order valence-electron chi connectivity index (χ4n) is 3.46. The zero-order valence-corrected chi connectivity index (χ0v) is 14.2. The van der Waals surface area contributed by atoms with Crippen molar-refractivity contribution < 1.29 is 4.79 Å². The van der Waals surface area contributed by atoms with Crippen LogP contribution in [0.25, 0.3) is 0 Å². The second kappa shape index (κ2) is 8.90. The number of nitrogens with zero attached hydrogens (tertiary/aromatic N) is 4. The van der Waals surface area contributed by atoms with E-state index < -0.39 is 0 Å². The number of hydrogen-bond donors (Lipinski definition) is 1. The highest BCUT2D eigenvalue weighted by molar-refractivity contribution is 5.97. The summed E-state index contributed by atoms with van der Waals surface area (Å²) in [4.78, 5) is 18.9. The standard InChI is InChI=1S/C17H29N5O/c1-2-16-5-3-4-7-22(16)14-15(13-19)17(23)21-11-9-20(8-6-18)10-12-21/h14,16H,2-12,18H2,1H3/b15-14-. The summed E-state index contributed by atoms with van der Waals surface area (Å²) in [6.45, 7) is 7.65. The van der Waals surface area contributed by atoms with Gasteiger partial charge in [0.15, 0.2) is 0 Å². The van der Waals surface area contributed by atoms with E-state index in [1.807, 2.05) is 6.20 Å². The molecule has 2 aliphatic heterocycles. The van der Waals surface area contributed by atoms with E-state index in [1.165, 1.54) is 6.42 Å². The predicted octanol–water partition coefficient (Wildman–Crippen LogP) is 0.761. The maximum absolute atomic E-state index is 12.6. The van der Waals surface area contributed by atoms with Crippen LogP contribution < -0.4 is 5.73 Å². The van der Waals surface area contributed by atoms with Crippen LogP contribution in [0.15, 0.2) is 11.8 Å². The van der Waals surface area contributed by atoms with E-state index in [1.54, 1.807) is 4.90 Å². The minimum Gasteiger partial charge on any atom is -0.373 e. The van der Waals surface area contributed by atoms with Crippen LogP contribution in [-0.4, -0.2) is 72.5 Å². The lowest BCUT2D eigenvalue weighted by Gasteiger charge is -2.36. The highest BCUT2D eigenvalue weighted by Crippen LogP contribution is 2.21. The van der Waals surface area contributed by atoms with Crippen molar-refractivity contribution in [2.75, 3.05) is 45.8 Å². The summed E-state index contributed by atoms with van der Waals surface area (Å²) in [7, 11) is 0. The van der Waals surface area contributed by atoms with Crippen LogP contribution in [0.4, 0.5) is 0 Å². The van der Waals surface area contributed by atoms with Gasteiger partial charge in [0.25, 0.3) is 5.91 Å². The van der Waals surface area contributed by atoms with Gasteiger partial charge in [-0.25, -0.2) is 0 Å². The number of piperidine rings is 1. The lowest BCUT2D eigenvalue weighted by molar-refractivity contribution is -0.128. The van der Waals surface area contributed by atoms with Crippen molar-refractivity contribution in [1.82, 2.24) is 14.7 Å². The van der Waals surface area contributed by atoms with E-state index in [4.69, 9.17) is 5.73 Å². The molecule has 23 heavy (non-hydrogen) atoms. The van der Waals surface area contributed by atoms with Crippen LogP contribution in [0, 0.1) is 11.3 Å². The van der Waals surface area contributed by atoms with Gasteiger partial charge in [0.1, 0.15) is 11.6 Å². The van der Waals surface area contributed by atoms with Crippen molar-refractivity contribution in [2.24, 2.45) is 5.73 Å². The van der Waals surface area contributed by atoms with E-state index in [9.17, 15) is 10.1 Å². The molecule has 128 valence electrons. The number of amides is 1. The maximum Gasteiger partial charge on any atom is 0.266 e. The van der Waals surface area contributed by atoms with Gasteiger partial charge in [-0.3, -0.25) is 9.69 Å². The van der Waals surface area contributed by atoms with Gasteiger partial charge in [0.05, 0.1) is 0 Å². The lowest BCUT2D eigenvalue weighted by atomic mass is 10.0. The second-order valence-electron chi connectivity index (χ2n) is 6.37. The minimum atomic E-state index is -0.125. The molecular formula is C17H29N5O. The van der Waals surface area contributed by atoms with Gasteiger partial charge in [0.2, 0.25) is 0 Å². The number of nitriles is 1. The van der Waals surface area contributed by atoms with Crippen molar-refractivity contribution >= 4 is 5.91 Å². The van der Waals surface area contributed by atoms with Gasteiger partial charge in [0, 0.05) is 58.1 Å². The molecule has 6 nitrogen and oxygen atoms in total. The average Bonchev–Trinajstić information content (AvgIpc) is 2.60. The quantitative estimate of drug-likeness (QED) is 0.598. The van der Waals surface area contributed by atoms with Gasteiger partial charge >= 0.3 is 0 Å². The predicted molar refractivity (Wildman–Crippen MR) is 90.4 cm³/mol. The van der Waals surface area contributed by atoms with E-state index in [-0.39, 0.29) is 11.5 Å². The molecule has 0 aliphatic carbocycles. The van der Waals surface area contributed by atoms with Crippen molar-refractivity contribution in [1.29, 1.82) is 5.26 Å². The van der Waals surface area contributed by atoms with Crippen LogP contribution in [0.3, 0.4) is 0 Å². The SMILES string of the molecule is CCC1CCCCN1/C=C(/C#N)C(=O)N1CCN(CCN)CC1. The monoisotopic (exact) mass is 319 g/mol. The van der Waals surface area contributed by atoms with Crippen molar-refractivity contribution in [3.8, 4) is 6.07 Å². The number of carbonyl (C=O) groups excluding carboxylic acids is 1. The first-order valence-electron chi connectivity index (χ1n) is 8.79. The maximum atomic E-state index is 12.6. The van der Waals surface area contributed by atoms with Crippen LogP contribution in [0.2, 0.25) is 0 Å². The van der Waals surface area contributed by atoms with E-state index in [0.717, 1.165) is 45.4 Å². The normalized spacial score (nSPS) is 23.7. The second-order valence-corrected chi connectivity index (χ2v) is 6.37. The minimum absolute atomic E-state index is 0.125. The molecule has 2 rings (SSSR count). The Hall–Kier alpha value is -1.58. The Bertz CT molecular complexity index is 462. The largest absolute Gasteiger partial charge is 0.373 e. The molecule has 1 atom stereocenters. The van der Waals surface area contributed by atoms with Crippen LogP contribution >= 0.6 is 0 Å². The summed E-state index contributed by atoms with van der Waals surface area (Å²) in [5.41, 5.74) is 5.85. The molecule has 0 bridgehead atoms. The van der Waals surface area contributed by atoms with Gasteiger partial charge < -0.3 is 15.5 Å². The molecule has 2 saturated heterocycles. The highest BCUT2D eigenvalue weighted by atomic mass is 16.2. The molecular weight excluding hydrogens is 290 g/mol. The fraction of sp³-hybridized carbons (Fsp3) is 0.765.